The lowest BCUT2D eigenvalue weighted by molar-refractivity contribution is -0.131. The van der Waals surface area contributed by atoms with Crippen LogP contribution in [0.25, 0.3) is 6.08 Å². The summed E-state index contributed by atoms with van der Waals surface area (Å²) in [6, 6.07) is 11.7. The third kappa shape index (κ3) is 4.69. The molecule has 0 amide bonds. The number of thiophene rings is 1. The number of hydrogen-bond donors (Lipinski definition) is 1. The summed E-state index contributed by atoms with van der Waals surface area (Å²) in [7, 11) is 0. The minimum absolute atomic E-state index is 0.556. The molecule has 0 spiro atoms. The fraction of sp³-hybridized carbons (Fsp3) is 0.133. The molecule has 1 aromatic heterocycles. The van der Waals surface area contributed by atoms with Crippen LogP contribution in [0.1, 0.15) is 16.0 Å². The van der Waals surface area contributed by atoms with Gasteiger partial charge in [0.25, 0.3) is 0 Å². The summed E-state index contributed by atoms with van der Waals surface area (Å²) in [4.78, 5) is 11.6. The zero-order valence-electron chi connectivity index (χ0n) is 10.3. The second kappa shape index (κ2) is 6.87. The van der Waals surface area contributed by atoms with Crippen LogP contribution in [0.2, 0.25) is 0 Å². The third-order valence-electron chi connectivity index (χ3n) is 2.49. The van der Waals surface area contributed by atoms with Crippen molar-refractivity contribution in [2.75, 3.05) is 0 Å². The molecule has 2 rings (SSSR count). The molecule has 19 heavy (non-hydrogen) atoms. The minimum Gasteiger partial charge on any atom is -0.478 e. The Morgan fingerprint density at radius 3 is 2.63 bits per heavy atom. The highest BCUT2D eigenvalue weighted by molar-refractivity contribution is 7.09. The van der Waals surface area contributed by atoms with Crippen molar-refractivity contribution in [3.63, 3.8) is 0 Å². The van der Waals surface area contributed by atoms with Crippen LogP contribution >= 0.6 is 11.3 Å². The molecule has 1 aromatic carbocycles. The summed E-state index contributed by atoms with van der Waals surface area (Å²) >= 11 is 1.68. The van der Waals surface area contributed by atoms with E-state index in [2.05, 4.69) is 0 Å². The number of carboxylic acids is 1. The minimum atomic E-state index is -0.941. The van der Waals surface area contributed by atoms with Crippen LogP contribution in [0.15, 0.2) is 47.9 Å². The number of hydrogen-bond acceptors (Lipinski definition) is 3. The van der Waals surface area contributed by atoms with Crippen molar-refractivity contribution >= 4 is 23.4 Å². The van der Waals surface area contributed by atoms with Crippen LogP contribution in [0.4, 0.5) is 0 Å². The zero-order valence-corrected chi connectivity index (χ0v) is 11.1. The molecule has 0 radical (unpaired) electrons. The molecule has 0 bridgehead atoms. The zero-order chi connectivity index (χ0) is 13.5. The van der Waals surface area contributed by atoms with E-state index in [-0.39, 0.29) is 0 Å². The first-order valence-electron chi connectivity index (χ1n) is 5.84. The van der Waals surface area contributed by atoms with E-state index in [4.69, 9.17) is 9.84 Å². The quantitative estimate of drug-likeness (QED) is 0.819. The van der Waals surface area contributed by atoms with E-state index in [1.807, 2.05) is 41.8 Å². The highest BCUT2D eigenvalue weighted by atomic mass is 32.1. The van der Waals surface area contributed by atoms with Gasteiger partial charge in [-0.05, 0) is 28.6 Å². The normalized spacial score (nSPS) is 10.9. The van der Waals surface area contributed by atoms with Gasteiger partial charge in [-0.2, -0.15) is 0 Å². The van der Waals surface area contributed by atoms with Gasteiger partial charge >= 0.3 is 5.97 Å². The molecule has 0 aliphatic rings. The van der Waals surface area contributed by atoms with Crippen molar-refractivity contribution in [1.29, 1.82) is 0 Å². The summed E-state index contributed by atoms with van der Waals surface area (Å²) in [6.45, 7) is 1.18. The molecule has 0 saturated heterocycles. The van der Waals surface area contributed by atoms with Crippen LogP contribution < -0.4 is 0 Å². The predicted octanol–water partition coefficient (Wildman–Crippen LogP) is 3.56. The lowest BCUT2D eigenvalue weighted by Gasteiger charge is -2.03. The molecule has 0 fully saturated rings. The topological polar surface area (TPSA) is 46.5 Å². The van der Waals surface area contributed by atoms with Gasteiger partial charge in [0.15, 0.2) is 0 Å². The van der Waals surface area contributed by atoms with E-state index in [0.717, 1.165) is 17.2 Å². The van der Waals surface area contributed by atoms with Crippen molar-refractivity contribution < 1.29 is 14.6 Å². The number of aliphatic carboxylic acids is 1. The van der Waals surface area contributed by atoms with Gasteiger partial charge in [0, 0.05) is 11.0 Å². The average Bonchev–Trinajstić information content (AvgIpc) is 2.91. The molecular weight excluding hydrogens is 260 g/mol. The van der Waals surface area contributed by atoms with Crippen LogP contribution in [0.5, 0.6) is 0 Å². The summed E-state index contributed by atoms with van der Waals surface area (Å²) < 4.78 is 5.60. The Labute approximate surface area is 115 Å². The summed E-state index contributed by atoms with van der Waals surface area (Å²) in [5.74, 6) is -0.941. The van der Waals surface area contributed by atoms with E-state index in [0.29, 0.717) is 13.2 Å². The van der Waals surface area contributed by atoms with Crippen LogP contribution in [0.3, 0.4) is 0 Å². The maximum Gasteiger partial charge on any atom is 0.328 e. The standard InChI is InChI=1S/C15H14O3S/c16-15(17)8-7-12-3-5-13(6-4-12)10-18-11-14-2-1-9-19-14/h1-9H,10-11H2,(H,16,17)/b8-7+. The highest BCUT2D eigenvalue weighted by Crippen LogP contribution is 2.12. The van der Waals surface area contributed by atoms with Gasteiger partial charge in [0.1, 0.15) is 0 Å². The lowest BCUT2D eigenvalue weighted by atomic mass is 10.1. The molecule has 1 N–H and O–H groups in total. The van der Waals surface area contributed by atoms with Crippen molar-refractivity contribution in [1.82, 2.24) is 0 Å². The van der Waals surface area contributed by atoms with Gasteiger partial charge in [-0.3, -0.25) is 0 Å². The van der Waals surface area contributed by atoms with E-state index < -0.39 is 5.97 Å². The van der Waals surface area contributed by atoms with Crippen molar-refractivity contribution in [3.05, 3.63) is 63.9 Å². The second-order valence-electron chi connectivity index (χ2n) is 3.99. The van der Waals surface area contributed by atoms with Gasteiger partial charge in [0.2, 0.25) is 0 Å². The molecular formula is C15H14O3S. The lowest BCUT2D eigenvalue weighted by Crippen LogP contribution is -1.92. The maximum atomic E-state index is 10.4. The van der Waals surface area contributed by atoms with Gasteiger partial charge < -0.3 is 9.84 Å². The Hall–Kier alpha value is -1.91. The Kier molecular flexibility index (Phi) is 4.89. The van der Waals surface area contributed by atoms with Crippen molar-refractivity contribution in [2.24, 2.45) is 0 Å². The third-order valence-corrected chi connectivity index (χ3v) is 3.34. The molecule has 98 valence electrons. The highest BCUT2D eigenvalue weighted by Gasteiger charge is 1.96. The van der Waals surface area contributed by atoms with E-state index in [9.17, 15) is 4.79 Å². The fourth-order valence-electron chi connectivity index (χ4n) is 1.56. The van der Waals surface area contributed by atoms with E-state index in [1.165, 1.54) is 4.88 Å². The predicted molar refractivity (Wildman–Crippen MR) is 75.9 cm³/mol. The van der Waals surface area contributed by atoms with E-state index >= 15 is 0 Å². The first-order valence-corrected chi connectivity index (χ1v) is 6.72. The van der Waals surface area contributed by atoms with Gasteiger partial charge in [0.05, 0.1) is 13.2 Å². The van der Waals surface area contributed by atoms with Crippen LogP contribution in [-0.2, 0) is 22.7 Å². The van der Waals surface area contributed by atoms with Gasteiger partial charge in [-0.1, -0.05) is 30.3 Å². The van der Waals surface area contributed by atoms with Gasteiger partial charge in [-0.15, -0.1) is 11.3 Å². The molecule has 0 aliphatic heterocycles. The second-order valence-corrected chi connectivity index (χ2v) is 5.02. The summed E-state index contributed by atoms with van der Waals surface area (Å²) in [6.07, 6.45) is 2.70. The van der Waals surface area contributed by atoms with Crippen LogP contribution in [-0.4, -0.2) is 11.1 Å². The smallest absolute Gasteiger partial charge is 0.328 e. The number of ether oxygens (including phenoxy) is 1. The van der Waals surface area contributed by atoms with Crippen LogP contribution in [0, 0.1) is 0 Å². The number of rotatable bonds is 6. The monoisotopic (exact) mass is 274 g/mol. The summed E-state index contributed by atoms with van der Waals surface area (Å²) in [5, 5.41) is 10.6. The average molecular weight is 274 g/mol. The van der Waals surface area contributed by atoms with E-state index in [1.54, 1.807) is 17.4 Å². The Morgan fingerprint density at radius 2 is 2.00 bits per heavy atom. The number of benzene rings is 1. The van der Waals surface area contributed by atoms with Crippen molar-refractivity contribution in [3.8, 4) is 0 Å². The molecule has 3 nitrogen and oxygen atoms in total. The van der Waals surface area contributed by atoms with Gasteiger partial charge in [-0.25, -0.2) is 4.79 Å². The number of carbonyl (C=O) groups is 1. The summed E-state index contributed by atoms with van der Waals surface area (Å²) in [5.41, 5.74) is 1.94. The molecule has 0 atom stereocenters. The molecule has 4 heteroatoms. The fourth-order valence-corrected chi connectivity index (χ4v) is 2.20. The largest absolute Gasteiger partial charge is 0.478 e. The Bertz CT molecular complexity index is 541. The first-order chi connectivity index (χ1) is 9.24. The molecule has 0 unspecified atom stereocenters. The molecule has 0 saturated carbocycles. The first kappa shape index (κ1) is 13.5. The maximum absolute atomic E-state index is 10.4. The molecule has 1 heterocycles. The Morgan fingerprint density at radius 1 is 1.21 bits per heavy atom. The molecule has 0 aliphatic carbocycles. The Balaban J connectivity index is 1.83. The molecule has 2 aromatic rings. The SMILES string of the molecule is O=C(O)/C=C/c1ccc(COCc2cccs2)cc1. The number of carboxylic acid groups (broad SMARTS) is 1. The van der Waals surface area contributed by atoms with Crippen molar-refractivity contribution in [2.45, 2.75) is 13.2 Å².